The molecule has 2 aromatic carbocycles. The van der Waals surface area contributed by atoms with Crippen LogP contribution in [-0.4, -0.2) is 56.7 Å². The molecule has 138 valence electrons. The number of hydrogen-bond acceptors (Lipinski definition) is 4. The lowest BCUT2D eigenvalue weighted by Crippen LogP contribution is -2.50. The maximum absolute atomic E-state index is 12.1. The highest BCUT2D eigenvalue weighted by atomic mass is 16.5. The van der Waals surface area contributed by atoms with E-state index in [1.165, 1.54) is 11.3 Å². The third-order valence-corrected chi connectivity index (χ3v) is 4.63. The Balaban J connectivity index is 1.34. The third-order valence-electron chi connectivity index (χ3n) is 4.63. The third kappa shape index (κ3) is 5.23. The molecule has 2 aromatic rings. The van der Waals surface area contributed by atoms with Crippen molar-refractivity contribution in [1.82, 2.24) is 10.2 Å². The van der Waals surface area contributed by atoms with E-state index in [-0.39, 0.29) is 5.91 Å². The molecule has 1 N–H and O–H groups in total. The molecule has 5 nitrogen and oxygen atoms in total. The van der Waals surface area contributed by atoms with Crippen LogP contribution in [-0.2, 0) is 4.79 Å². The molecule has 26 heavy (non-hydrogen) atoms. The summed E-state index contributed by atoms with van der Waals surface area (Å²) in [4.78, 5) is 16.7. The molecule has 1 saturated heterocycles. The Morgan fingerprint density at radius 1 is 1.00 bits per heavy atom. The van der Waals surface area contributed by atoms with Crippen LogP contribution in [0.5, 0.6) is 5.75 Å². The molecule has 0 atom stereocenters. The van der Waals surface area contributed by atoms with Gasteiger partial charge in [0.05, 0.1) is 13.1 Å². The minimum Gasteiger partial charge on any atom is -0.492 e. The summed E-state index contributed by atoms with van der Waals surface area (Å²) in [6, 6.07) is 18.1. The largest absolute Gasteiger partial charge is 0.492 e. The average molecular weight is 353 g/mol. The van der Waals surface area contributed by atoms with Crippen LogP contribution < -0.4 is 15.0 Å². The average Bonchev–Trinajstić information content (AvgIpc) is 2.67. The van der Waals surface area contributed by atoms with E-state index in [1.807, 2.05) is 30.3 Å². The van der Waals surface area contributed by atoms with E-state index < -0.39 is 0 Å². The number of anilines is 1. The zero-order chi connectivity index (χ0) is 18.2. The van der Waals surface area contributed by atoms with Gasteiger partial charge in [0.15, 0.2) is 0 Å². The van der Waals surface area contributed by atoms with Gasteiger partial charge in [0.1, 0.15) is 12.4 Å². The number of aryl methyl sites for hydroxylation is 1. The fourth-order valence-corrected chi connectivity index (χ4v) is 3.20. The number of rotatable bonds is 7. The monoisotopic (exact) mass is 353 g/mol. The van der Waals surface area contributed by atoms with Crippen LogP contribution in [0.25, 0.3) is 0 Å². The van der Waals surface area contributed by atoms with Crippen LogP contribution in [0.2, 0.25) is 0 Å². The predicted octanol–water partition coefficient (Wildman–Crippen LogP) is 2.31. The number of ether oxygens (including phenoxy) is 1. The smallest absolute Gasteiger partial charge is 0.234 e. The Morgan fingerprint density at radius 2 is 1.69 bits per heavy atom. The van der Waals surface area contributed by atoms with Gasteiger partial charge in [-0.2, -0.15) is 0 Å². The highest BCUT2D eigenvalue weighted by Gasteiger charge is 2.19. The molecular weight excluding hydrogens is 326 g/mol. The van der Waals surface area contributed by atoms with Gasteiger partial charge < -0.3 is 15.0 Å². The van der Waals surface area contributed by atoms with E-state index >= 15 is 0 Å². The molecule has 0 spiro atoms. The first kappa shape index (κ1) is 18.3. The molecule has 5 heteroatoms. The molecule has 1 aliphatic rings. The topological polar surface area (TPSA) is 44.8 Å². The van der Waals surface area contributed by atoms with Crippen molar-refractivity contribution in [3.8, 4) is 5.75 Å². The summed E-state index contributed by atoms with van der Waals surface area (Å²) in [6.07, 6.45) is 0. The van der Waals surface area contributed by atoms with Gasteiger partial charge in [0, 0.05) is 31.9 Å². The number of nitrogens with one attached hydrogen (secondary N) is 1. The van der Waals surface area contributed by atoms with Crippen LogP contribution in [0.4, 0.5) is 5.69 Å². The van der Waals surface area contributed by atoms with Gasteiger partial charge >= 0.3 is 0 Å². The maximum atomic E-state index is 12.1. The second kappa shape index (κ2) is 9.25. The van der Waals surface area contributed by atoms with E-state index in [0.717, 1.165) is 31.9 Å². The zero-order valence-corrected chi connectivity index (χ0v) is 15.4. The summed E-state index contributed by atoms with van der Waals surface area (Å²) in [7, 11) is 0. The lowest BCUT2D eigenvalue weighted by Gasteiger charge is -2.36. The quantitative estimate of drug-likeness (QED) is 0.776. The molecule has 1 fully saturated rings. The molecule has 3 rings (SSSR count). The minimum atomic E-state index is 0.0611. The maximum Gasteiger partial charge on any atom is 0.234 e. The van der Waals surface area contributed by atoms with E-state index in [2.05, 4.69) is 46.3 Å². The molecular formula is C21H27N3O2. The van der Waals surface area contributed by atoms with Crippen molar-refractivity contribution in [2.24, 2.45) is 0 Å². The van der Waals surface area contributed by atoms with Gasteiger partial charge in [-0.1, -0.05) is 36.4 Å². The van der Waals surface area contributed by atoms with Crippen molar-refractivity contribution in [1.29, 1.82) is 0 Å². The molecule has 0 aliphatic carbocycles. The van der Waals surface area contributed by atoms with Gasteiger partial charge in [-0.05, 0) is 30.7 Å². The number of carbonyl (C=O) groups is 1. The van der Waals surface area contributed by atoms with Gasteiger partial charge in [0.25, 0.3) is 0 Å². The molecule has 0 unspecified atom stereocenters. The Labute approximate surface area is 155 Å². The van der Waals surface area contributed by atoms with Crippen molar-refractivity contribution in [3.05, 3.63) is 60.2 Å². The second-order valence-corrected chi connectivity index (χ2v) is 6.56. The molecule has 0 aromatic heterocycles. The standard InChI is InChI=1S/C21H27N3O2/c1-18-7-5-6-10-20(18)24-14-12-23(13-15-24)17-21(25)22-11-16-26-19-8-3-2-4-9-19/h2-10H,11-17H2,1H3,(H,22,25). The summed E-state index contributed by atoms with van der Waals surface area (Å²) in [5, 5.41) is 2.93. The molecule has 0 saturated carbocycles. The molecule has 0 bridgehead atoms. The van der Waals surface area contributed by atoms with Crippen LogP contribution >= 0.6 is 0 Å². The fourth-order valence-electron chi connectivity index (χ4n) is 3.20. The number of para-hydroxylation sites is 2. The normalized spacial score (nSPS) is 14.9. The number of amides is 1. The molecule has 1 amide bonds. The first-order chi connectivity index (χ1) is 12.7. The van der Waals surface area contributed by atoms with E-state index in [4.69, 9.17) is 4.74 Å². The Morgan fingerprint density at radius 3 is 2.42 bits per heavy atom. The Kier molecular flexibility index (Phi) is 6.50. The number of carbonyl (C=O) groups excluding carboxylic acids is 1. The Hall–Kier alpha value is -2.53. The van der Waals surface area contributed by atoms with E-state index in [0.29, 0.717) is 19.7 Å². The summed E-state index contributed by atoms with van der Waals surface area (Å²) in [5.74, 6) is 0.889. The molecule has 0 radical (unpaired) electrons. The van der Waals surface area contributed by atoms with E-state index in [9.17, 15) is 4.79 Å². The summed E-state index contributed by atoms with van der Waals surface area (Å²) < 4.78 is 5.59. The summed E-state index contributed by atoms with van der Waals surface area (Å²) in [6.45, 7) is 7.32. The number of benzene rings is 2. The van der Waals surface area contributed by atoms with E-state index in [1.54, 1.807) is 0 Å². The highest BCUT2D eigenvalue weighted by molar-refractivity contribution is 5.78. The number of hydrogen-bond donors (Lipinski definition) is 1. The predicted molar refractivity (Wildman–Crippen MR) is 105 cm³/mol. The minimum absolute atomic E-state index is 0.0611. The van der Waals surface area contributed by atoms with Gasteiger partial charge in [-0.3, -0.25) is 9.69 Å². The summed E-state index contributed by atoms with van der Waals surface area (Å²) >= 11 is 0. The van der Waals surface area contributed by atoms with Crippen molar-refractivity contribution >= 4 is 11.6 Å². The highest BCUT2D eigenvalue weighted by Crippen LogP contribution is 2.20. The number of nitrogens with zero attached hydrogens (tertiary/aromatic N) is 2. The fraction of sp³-hybridized carbons (Fsp3) is 0.381. The zero-order valence-electron chi connectivity index (χ0n) is 15.4. The van der Waals surface area contributed by atoms with Crippen LogP contribution in [0.15, 0.2) is 54.6 Å². The lowest BCUT2D eigenvalue weighted by atomic mass is 10.1. The Bertz CT molecular complexity index is 697. The van der Waals surface area contributed by atoms with Crippen molar-refractivity contribution < 1.29 is 9.53 Å². The van der Waals surface area contributed by atoms with Crippen molar-refractivity contribution in [3.63, 3.8) is 0 Å². The SMILES string of the molecule is Cc1ccccc1N1CCN(CC(=O)NCCOc2ccccc2)CC1. The first-order valence-corrected chi connectivity index (χ1v) is 9.20. The van der Waals surface area contributed by atoms with Gasteiger partial charge in [-0.15, -0.1) is 0 Å². The van der Waals surface area contributed by atoms with Crippen molar-refractivity contribution in [2.75, 3.05) is 50.8 Å². The molecule has 1 aliphatic heterocycles. The van der Waals surface area contributed by atoms with Gasteiger partial charge in [-0.25, -0.2) is 0 Å². The first-order valence-electron chi connectivity index (χ1n) is 9.20. The van der Waals surface area contributed by atoms with Crippen LogP contribution in [0.1, 0.15) is 5.56 Å². The number of piperazine rings is 1. The van der Waals surface area contributed by atoms with Crippen LogP contribution in [0, 0.1) is 6.92 Å². The van der Waals surface area contributed by atoms with Crippen molar-refractivity contribution in [2.45, 2.75) is 6.92 Å². The molecule has 1 heterocycles. The summed E-state index contributed by atoms with van der Waals surface area (Å²) in [5.41, 5.74) is 2.60. The second-order valence-electron chi connectivity index (χ2n) is 6.56. The van der Waals surface area contributed by atoms with Crippen LogP contribution in [0.3, 0.4) is 0 Å². The van der Waals surface area contributed by atoms with Gasteiger partial charge in [0.2, 0.25) is 5.91 Å². The lowest BCUT2D eigenvalue weighted by molar-refractivity contribution is -0.122.